The molecule has 4 N–H and O–H groups in total. The van der Waals surface area contributed by atoms with E-state index in [1.807, 2.05) is 36.4 Å². The average Bonchev–Trinajstić information content (AvgIpc) is 2.61. The summed E-state index contributed by atoms with van der Waals surface area (Å²) in [6, 6.07) is 22.9. The second-order valence-electron chi connectivity index (χ2n) is 5.92. The summed E-state index contributed by atoms with van der Waals surface area (Å²) >= 11 is 0. The highest BCUT2D eigenvalue weighted by Crippen LogP contribution is 2.21. The molecule has 0 unspecified atom stereocenters. The molecule has 0 saturated heterocycles. The topological polar surface area (TPSA) is 75.3 Å². The standard InChI is InChI=1S/C21H20N2O2/c22-17-5-3-4-16(14-17)9-8-15-10-12-18(13-11-15)23-20-7-2-1-6-19(20)21(24)25/h1-7,10-14,23H,8-9,22H2,(H,24,25). The number of rotatable bonds is 6. The van der Waals surface area contributed by atoms with Crippen molar-refractivity contribution in [3.8, 4) is 0 Å². The molecule has 3 aromatic rings. The molecule has 0 aliphatic rings. The third kappa shape index (κ3) is 4.38. The van der Waals surface area contributed by atoms with Crippen molar-refractivity contribution < 1.29 is 9.90 Å². The SMILES string of the molecule is Nc1cccc(CCc2ccc(Nc3ccccc3C(=O)O)cc2)c1. The number of benzene rings is 3. The molecule has 0 aromatic heterocycles. The van der Waals surface area contributed by atoms with Crippen LogP contribution in [0.2, 0.25) is 0 Å². The zero-order valence-corrected chi connectivity index (χ0v) is 13.8. The molecule has 0 saturated carbocycles. The van der Waals surface area contributed by atoms with Gasteiger partial charge in [0.2, 0.25) is 0 Å². The summed E-state index contributed by atoms with van der Waals surface area (Å²) in [5, 5.41) is 12.4. The Morgan fingerprint density at radius 1 is 0.880 bits per heavy atom. The number of carbonyl (C=O) groups is 1. The first-order valence-corrected chi connectivity index (χ1v) is 8.14. The smallest absolute Gasteiger partial charge is 0.337 e. The molecule has 4 nitrogen and oxygen atoms in total. The lowest BCUT2D eigenvalue weighted by Crippen LogP contribution is -2.02. The van der Waals surface area contributed by atoms with E-state index in [4.69, 9.17) is 5.73 Å². The number of aromatic carboxylic acids is 1. The number of nitrogens with one attached hydrogen (secondary N) is 1. The lowest BCUT2D eigenvalue weighted by molar-refractivity contribution is 0.0698. The molecule has 0 amide bonds. The number of para-hydroxylation sites is 1. The van der Waals surface area contributed by atoms with Crippen molar-refractivity contribution >= 4 is 23.0 Å². The first kappa shape index (κ1) is 16.6. The molecule has 0 aliphatic carbocycles. The number of hydrogen-bond donors (Lipinski definition) is 3. The molecule has 25 heavy (non-hydrogen) atoms. The Kier molecular flexibility index (Phi) is 5.00. The van der Waals surface area contributed by atoms with Crippen LogP contribution >= 0.6 is 0 Å². The number of nitrogens with two attached hydrogens (primary N) is 1. The van der Waals surface area contributed by atoms with Gasteiger partial charge in [-0.25, -0.2) is 4.79 Å². The first-order valence-electron chi connectivity index (χ1n) is 8.14. The summed E-state index contributed by atoms with van der Waals surface area (Å²) in [6.45, 7) is 0. The second-order valence-corrected chi connectivity index (χ2v) is 5.92. The minimum Gasteiger partial charge on any atom is -0.478 e. The summed E-state index contributed by atoms with van der Waals surface area (Å²) in [5.74, 6) is -0.943. The first-order chi connectivity index (χ1) is 12.1. The minimum absolute atomic E-state index is 0.258. The number of hydrogen-bond acceptors (Lipinski definition) is 3. The van der Waals surface area contributed by atoms with Crippen molar-refractivity contribution in [1.29, 1.82) is 0 Å². The fourth-order valence-electron chi connectivity index (χ4n) is 2.73. The van der Waals surface area contributed by atoms with Crippen molar-refractivity contribution in [1.82, 2.24) is 0 Å². The van der Waals surface area contributed by atoms with Gasteiger partial charge in [0, 0.05) is 11.4 Å². The normalized spacial score (nSPS) is 10.4. The van der Waals surface area contributed by atoms with Crippen LogP contribution in [-0.4, -0.2) is 11.1 Å². The van der Waals surface area contributed by atoms with Crippen molar-refractivity contribution in [2.24, 2.45) is 0 Å². The number of nitrogen functional groups attached to an aromatic ring is 1. The van der Waals surface area contributed by atoms with Crippen molar-refractivity contribution in [2.45, 2.75) is 12.8 Å². The van der Waals surface area contributed by atoms with E-state index in [2.05, 4.69) is 23.5 Å². The van der Waals surface area contributed by atoms with Crippen molar-refractivity contribution in [3.05, 3.63) is 89.5 Å². The lowest BCUT2D eigenvalue weighted by atomic mass is 10.0. The predicted octanol–water partition coefficient (Wildman–Crippen LogP) is 4.50. The van der Waals surface area contributed by atoms with Gasteiger partial charge in [-0.1, -0.05) is 36.4 Å². The molecule has 3 aromatic carbocycles. The van der Waals surface area contributed by atoms with Crippen molar-refractivity contribution in [2.75, 3.05) is 11.1 Å². The zero-order chi connectivity index (χ0) is 17.6. The third-order valence-corrected chi connectivity index (χ3v) is 4.04. The highest BCUT2D eigenvalue weighted by molar-refractivity contribution is 5.95. The quantitative estimate of drug-likeness (QED) is 0.581. The maximum absolute atomic E-state index is 11.3. The van der Waals surface area contributed by atoms with Gasteiger partial charge < -0.3 is 16.2 Å². The van der Waals surface area contributed by atoms with Crippen LogP contribution in [0.4, 0.5) is 17.1 Å². The van der Waals surface area contributed by atoms with E-state index in [9.17, 15) is 9.90 Å². The second kappa shape index (κ2) is 7.53. The van der Waals surface area contributed by atoms with Crippen LogP contribution in [-0.2, 0) is 12.8 Å². The summed E-state index contributed by atoms with van der Waals surface area (Å²) in [5.41, 5.74) is 10.7. The van der Waals surface area contributed by atoms with Gasteiger partial charge >= 0.3 is 5.97 Å². The van der Waals surface area contributed by atoms with E-state index in [1.54, 1.807) is 18.2 Å². The Labute approximate surface area is 146 Å². The molecule has 0 aliphatic heterocycles. The molecule has 126 valence electrons. The van der Waals surface area contributed by atoms with E-state index in [0.29, 0.717) is 5.69 Å². The molecule has 0 heterocycles. The van der Waals surface area contributed by atoms with E-state index in [-0.39, 0.29) is 5.56 Å². The fourth-order valence-corrected chi connectivity index (χ4v) is 2.73. The molecule has 0 radical (unpaired) electrons. The minimum atomic E-state index is -0.943. The Bertz CT molecular complexity index is 873. The maximum Gasteiger partial charge on any atom is 0.337 e. The van der Waals surface area contributed by atoms with Gasteiger partial charge in [0.15, 0.2) is 0 Å². The van der Waals surface area contributed by atoms with Gasteiger partial charge in [0.05, 0.1) is 11.3 Å². The molecule has 4 heteroatoms. The van der Waals surface area contributed by atoms with Crippen LogP contribution in [0.25, 0.3) is 0 Å². The third-order valence-electron chi connectivity index (χ3n) is 4.04. The summed E-state index contributed by atoms with van der Waals surface area (Å²) in [4.78, 5) is 11.3. The highest BCUT2D eigenvalue weighted by Gasteiger charge is 2.08. The van der Waals surface area contributed by atoms with Gasteiger partial charge in [-0.15, -0.1) is 0 Å². The predicted molar refractivity (Wildman–Crippen MR) is 101 cm³/mol. The molecule has 0 bridgehead atoms. The molecular formula is C21H20N2O2. The highest BCUT2D eigenvalue weighted by atomic mass is 16.4. The van der Waals surface area contributed by atoms with Gasteiger partial charge in [-0.05, 0) is 60.4 Å². The zero-order valence-electron chi connectivity index (χ0n) is 13.8. The molecule has 0 atom stereocenters. The number of carboxylic acids is 1. The van der Waals surface area contributed by atoms with Crippen LogP contribution in [0.1, 0.15) is 21.5 Å². The van der Waals surface area contributed by atoms with Crippen LogP contribution in [0.3, 0.4) is 0 Å². The van der Waals surface area contributed by atoms with Gasteiger partial charge in [0.1, 0.15) is 0 Å². The Hall–Kier alpha value is -3.27. The molecule has 3 rings (SSSR count). The maximum atomic E-state index is 11.3. The van der Waals surface area contributed by atoms with Crippen LogP contribution < -0.4 is 11.1 Å². The monoisotopic (exact) mass is 332 g/mol. The van der Waals surface area contributed by atoms with Crippen LogP contribution in [0.15, 0.2) is 72.8 Å². The Morgan fingerprint density at radius 3 is 2.32 bits per heavy atom. The van der Waals surface area contributed by atoms with Gasteiger partial charge in [0.25, 0.3) is 0 Å². The van der Waals surface area contributed by atoms with Crippen LogP contribution in [0.5, 0.6) is 0 Å². The molecular weight excluding hydrogens is 312 g/mol. The van der Waals surface area contributed by atoms with E-state index < -0.39 is 5.97 Å². The Balaban J connectivity index is 1.65. The van der Waals surface area contributed by atoms with E-state index in [1.165, 1.54) is 11.1 Å². The average molecular weight is 332 g/mol. The van der Waals surface area contributed by atoms with Gasteiger partial charge in [-0.3, -0.25) is 0 Å². The number of anilines is 3. The number of carboxylic acid groups (broad SMARTS) is 1. The van der Waals surface area contributed by atoms with Crippen molar-refractivity contribution in [3.63, 3.8) is 0 Å². The lowest BCUT2D eigenvalue weighted by Gasteiger charge is -2.10. The summed E-state index contributed by atoms with van der Waals surface area (Å²) < 4.78 is 0. The molecule has 0 fully saturated rings. The van der Waals surface area contributed by atoms with E-state index in [0.717, 1.165) is 24.2 Å². The summed E-state index contributed by atoms with van der Waals surface area (Å²) in [7, 11) is 0. The van der Waals surface area contributed by atoms with Gasteiger partial charge in [-0.2, -0.15) is 0 Å². The fraction of sp³-hybridized carbons (Fsp3) is 0.0952. The van der Waals surface area contributed by atoms with Crippen LogP contribution in [0, 0.1) is 0 Å². The van der Waals surface area contributed by atoms with E-state index >= 15 is 0 Å². The number of aryl methyl sites for hydroxylation is 2. The summed E-state index contributed by atoms with van der Waals surface area (Å²) in [6.07, 6.45) is 1.86. The molecule has 0 spiro atoms. The largest absolute Gasteiger partial charge is 0.478 e. The Morgan fingerprint density at radius 2 is 1.60 bits per heavy atom.